The van der Waals surface area contributed by atoms with E-state index in [1.807, 2.05) is 62.4 Å². The van der Waals surface area contributed by atoms with E-state index in [4.69, 9.17) is 4.42 Å². The zero-order chi connectivity index (χ0) is 23.7. The predicted molar refractivity (Wildman–Crippen MR) is 131 cm³/mol. The van der Waals surface area contributed by atoms with Crippen molar-refractivity contribution in [3.63, 3.8) is 0 Å². The first kappa shape index (κ1) is 21.6. The molecule has 34 heavy (non-hydrogen) atoms. The first-order chi connectivity index (χ1) is 16.5. The first-order valence-electron chi connectivity index (χ1n) is 11.2. The third kappa shape index (κ3) is 3.96. The van der Waals surface area contributed by atoms with Crippen LogP contribution in [0.5, 0.6) is 0 Å². The highest BCUT2D eigenvalue weighted by molar-refractivity contribution is 6.11. The van der Waals surface area contributed by atoms with Gasteiger partial charge in [0.1, 0.15) is 5.76 Å². The van der Waals surface area contributed by atoms with Crippen LogP contribution in [0.2, 0.25) is 0 Å². The molecule has 0 saturated heterocycles. The number of nitrogens with zero attached hydrogens (tertiary/aromatic N) is 2. The Labute approximate surface area is 196 Å². The van der Waals surface area contributed by atoms with Crippen LogP contribution >= 0.6 is 0 Å². The van der Waals surface area contributed by atoms with Gasteiger partial charge in [-0.25, -0.2) is 5.43 Å². The molecule has 2 aromatic heterocycles. The summed E-state index contributed by atoms with van der Waals surface area (Å²) in [7, 11) is 0. The molecule has 4 aromatic rings. The van der Waals surface area contributed by atoms with Crippen molar-refractivity contribution < 1.29 is 14.0 Å². The molecule has 7 nitrogen and oxygen atoms in total. The third-order valence-electron chi connectivity index (χ3n) is 6.11. The molecule has 2 heterocycles. The lowest BCUT2D eigenvalue weighted by Gasteiger charge is -2.13. The van der Waals surface area contributed by atoms with Gasteiger partial charge >= 0.3 is 0 Å². The van der Waals surface area contributed by atoms with E-state index in [1.165, 1.54) is 0 Å². The van der Waals surface area contributed by atoms with Crippen molar-refractivity contribution in [2.24, 2.45) is 5.10 Å². The lowest BCUT2D eigenvalue weighted by atomic mass is 9.93. The maximum Gasteiger partial charge on any atom is 0.291 e. The monoisotopic (exact) mass is 452 g/mol. The summed E-state index contributed by atoms with van der Waals surface area (Å²) in [4.78, 5) is 30.1. The molecule has 5 rings (SSSR count). The van der Waals surface area contributed by atoms with Crippen molar-refractivity contribution >= 4 is 34.1 Å². The fourth-order valence-corrected chi connectivity index (χ4v) is 4.39. The largest absolute Gasteiger partial charge is 0.455 e. The summed E-state index contributed by atoms with van der Waals surface area (Å²) in [6.07, 6.45) is 3.95. The van der Waals surface area contributed by atoms with Crippen LogP contribution in [0, 0.1) is 13.8 Å². The molecular weight excluding hydrogens is 428 g/mol. The zero-order valence-electron chi connectivity index (χ0n) is 19.0. The van der Waals surface area contributed by atoms with Gasteiger partial charge in [-0.3, -0.25) is 14.6 Å². The summed E-state index contributed by atoms with van der Waals surface area (Å²) in [5, 5.41) is 8.23. The van der Waals surface area contributed by atoms with Crippen LogP contribution in [-0.4, -0.2) is 22.5 Å². The molecular formula is C27H24N4O3. The topological polar surface area (TPSA) is 96.6 Å². The Morgan fingerprint density at radius 3 is 2.68 bits per heavy atom. The molecule has 170 valence electrons. The molecule has 0 bridgehead atoms. The molecule has 0 spiro atoms. The van der Waals surface area contributed by atoms with Crippen molar-refractivity contribution in [1.29, 1.82) is 0 Å². The van der Waals surface area contributed by atoms with Gasteiger partial charge in [0.15, 0.2) is 5.76 Å². The Morgan fingerprint density at radius 1 is 0.971 bits per heavy atom. The van der Waals surface area contributed by atoms with E-state index in [0.29, 0.717) is 24.1 Å². The second-order valence-corrected chi connectivity index (χ2v) is 8.35. The number of rotatable bonds is 4. The fourth-order valence-electron chi connectivity index (χ4n) is 4.39. The van der Waals surface area contributed by atoms with Gasteiger partial charge in [0.25, 0.3) is 11.8 Å². The van der Waals surface area contributed by atoms with Gasteiger partial charge in [-0.05, 0) is 62.6 Å². The number of hydrogen-bond acceptors (Lipinski definition) is 5. The predicted octanol–water partition coefficient (Wildman–Crippen LogP) is 5.17. The Hall–Kier alpha value is -4.26. The quantitative estimate of drug-likeness (QED) is 0.418. The second-order valence-electron chi connectivity index (χ2n) is 8.35. The zero-order valence-corrected chi connectivity index (χ0v) is 19.0. The average Bonchev–Trinajstić information content (AvgIpc) is 3.20. The number of anilines is 1. The second kappa shape index (κ2) is 8.94. The number of pyridine rings is 1. The van der Waals surface area contributed by atoms with Crippen molar-refractivity contribution in [2.45, 2.75) is 33.1 Å². The van der Waals surface area contributed by atoms with Gasteiger partial charge < -0.3 is 9.73 Å². The summed E-state index contributed by atoms with van der Waals surface area (Å²) in [5.74, 6) is 0.385. The number of fused-ring (bicyclic) bond motifs is 2. The van der Waals surface area contributed by atoms with Crippen molar-refractivity contribution in [3.05, 3.63) is 94.6 Å². The Balaban J connectivity index is 1.42. The van der Waals surface area contributed by atoms with E-state index in [9.17, 15) is 9.59 Å². The third-order valence-corrected chi connectivity index (χ3v) is 6.11. The molecule has 1 aliphatic rings. The van der Waals surface area contributed by atoms with Gasteiger partial charge in [0.2, 0.25) is 0 Å². The van der Waals surface area contributed by atoms with Crippen LogP contribution in [0.3, 0.4) is 0 Å². The number of hydrazone groups is 1. The number of benzene rings is 2. The summed E-state index contributed by atoms with van der Waals surface area (Å²) < 4.78 is 6.00. The van der Waals surface area contributed by atoms with Crippen LogP contribution in [-0.2, 0) is 6.42 Å². The SMILES string of the molecule is Cc1ccccc1C(=O)N/N=C1\CCCc2oc(C(=O)Nc3cccc4ncccc34)c(C)c21. The standard InChI is InChI=1S/C27H24N4O3/c1-16-8-3-4-9-18(16)26(32)31-30-22-13-6-14-23-24(22)17(2)25(34-23)27(33)29-21-12-5-11-20-19(21)10-7-15-28-20/h3-5,7-12,15H,6,13-14H2,1-2H3,(H,29,33)(H,31,32)/b30-22+. The first-order valence-corrected chi connectivity index (χ1v) is 11.2. The molecule has 1 aliphatic carbocycles. The van der Waals surface area contributed by atoms with Gasteiger partial charge in [-0.2, -0.15) is 5.10 Å². The van der Waals surface area contributed by atoms with E-state index in [-0.39, 0.29) is 17.6 Å². The Bertz CT molecular complexity index is 1450. The number of furan rings is 1. The molecule has 0 fully saturated rings. The highest BCUT2D eigenvalue weighted by Gasteiger charge is 2.28. The van der Waals surface area contributed by atoms with Crippen LogP contribution < -0.4 is 10.7 Å². The number of aromatic nitrogens is 1. The number of carbonyl (C=O) groups is 2. The average molecular weight is 453 g/mol. The maximum absolute atomic E-state index is 13.2. The molecule has 0 aliphatic heterocycles. The van der Waals surface area contributed by atoms with Gasteiger partial charge in [0.05, 0.1) is 16.9 Å². The van der Waals surface area contributed by atoms with Crippen molar-refractivity contribution in [1.82, 2.24) is 10.4 Å². The van der Waals surface area contributed by atoms with E-state index in [0.717, 1.165) is 45.5 Å². The molecule has 7 heteroatoms. The van der Waals surface area contributed by atoms with Crippen molar-refractivity contribution in [2.75, 3.05) is 5.32 Å². The number of aryl methyl sites for hydroxylation is 2. The van der Waals surface area contributed by atoms with Gasteiger partial charge in [-0.15, -0.1) is 0 Å². The molecule has 2 aromatic carbocycles. The normalized spacial score (nSPS) is 14.1. The number of hydrogen-bond donors (Lipinski definition) is 2. The van der Waals surface area contributed by atoms with E-state index >= 15 is 0 Å². The van der Waals surface area contributed by atoms with E-state index in [2.05, 4.69) is 20.8 Å². The summed E-state index contributed by atoms with van der Waals surface area (Å²) in [5.41, 5.74) is 7.85. The summed E-state index contributed by atoms with van der Waals surface area (Å²) in [6.45, 7) is 3.74. The van der Waals surface area contributed by atoms with Crippen LogP contribution in [0.25, 0.3) is 10.9 Å². The molecule has 2 N–H and O–H groups in total. The van der Waals surface area contributed by atoms with Crippen LogP contribution in [0.1, 0.15) is 56.2 Å². The molecule has 0 unspecified atom stereocenters. The minimum Gasteiger partial charge on any atom is -0.455 e. The lowest BCUT2D eigenvalue weighted by molar-refractivity contribution is 0.0953. The van der Waals surface area contributed by atoms with Crippen LogP contribution in [0.15, 0.2) is 70.3 Å². The molecule has 0 radical (unpaired) electrons. The Morgan fingerprint density at radius 2 is 1.82 bits per heavy atom. The number of amides is 2. The molecule has 2 amide bonds. The molecule has 0 saturated carbocycles. The fraction of sp³-hybridized carbons (Fsp3) is 0.185. The van der Waals surface area contributed by atoms with Crippen molar-refractivity contribution in [3.8, 4) is 0 Å². The minimum atomic E-state index is -0.327. The van der Waals surface area contributed by atoms with Crippen LogP contribution in [0.4, 0.5) is 5.69 Å². The van der Waals surface area contributed by atoms with Gasteiger partial charge in [0, 0.05) is 34.7 Å². The summed E-state index contributed by atoms with van der Waals surface area (Å²) in [6, 6.07) is 16.7. The van der Waals surface area contributed by atoms with E-state index < -0.39 is 0 Å². The Kier molecular flexibility index (Phi) is 5.67. The highest BCUT2D eigenvalue weighted by atomic mass is 16.4. The summed E-state index contributed by atoms with van der Waals surface area (Å²) >= 11 is 0. The maximum atomic E-state index is 13.2. The highest BCUT2D eigenvalue weighted by Crippen LogP contribution is 2.31. The van der Waals surface area contributed by atoms with E-state index in [1.54, 1.807) is 12.3 Å². The lowest BCUT2D eigenvalue weighted by Crippen LogP contribution is -2.22. The minimum absolute atomic E-state index is 0.255. The number of carbonyl (C=O) groups excluding carboxylic acids is 2. The number of nitrogens with one attached hydrogen (secondary N) is 2. The molecule has 0 atom stereocenters. The smallest absolute Gasteiger partial charge is 0.291 e. The van der Waals surface area contributed by atoms with Gasteiger partial charge in [-0.1, -0.05) is 24.3 Å².